The molecule has 1 aromatic carbocycles. The molecule has 0 heterocycles. The molecule has 4 N–H and O–H groups in total. The number of benzene rings is 1. The van der Waals surface area contributed by atoms with Crippen molar-refractivity contribution < 1.29 is 5.11 Å². The summed E-state index contributed by atoms with van der Waals surface area (Å²) in [4.78, 5) is 0. The van der Waals surface area contributed by atoms with E-state index >= 15 is 0 Å². The van der Waals surface area contributed by atoms with E-state index in [0.717, 1.165) is 0 Å². The van der Waals surface area contributed by atoms with Crippen LogP contribution in [0.3, 0.4) is 0 Å². The first-order valence-electron chi connectivity index (χ1n) is 3.40. The maximum atomic E-state index is 9.36. The molecule has 0 radical (unpaired) electrons. The summed E-state index contributed by atoms with van der Waals surface area (Å²) >= 11 is 5.64. The van der Waals surface area contributed by atoms with Gasteiger partial charge in [0.2, 0.25) is 0 Å². The first-order chi connectivity index (χ1) is 5.61. The van der Waals surface area contributed by atoms with Gasteiger partial charge in [0.15, 0.2) is 0 Å². The molecule has 1 aromatic rings. The predicted molar refractivity (Wildman–Crippen MR) is 48.7 cm³/mol. The molecule has 1 rings (SSSR count). The van der Waals surface area contributed by atoms with Crippen molar-refractivity contribution in [3.8, 4) is 5.75 Å². The minimum atomic E-state index is 0.00701. The second-order valence-electron chi connectivity index (χ2n) is 2.45. The van der Waals surface area contributed by atoms with Crippen LogP contribution in [0.2, 0.25) is 5.02 Å². The molecule has 0 aliphatic heterocycles. The molecule has 0 saturated carbocycles. The number of para-hydroxylation sites is 1. The van der Waals surface area contributed by atoms with E-state index in [1.807, 2.05) is 0 Å². The summed E-state index contributed by atoms with van der Waals surface area (Å²) in [7, 11) is 0. The quantitative estimate of drug-likeness (QED) is 0.482. The van der Waals surface area contributed by atoms with Crippen LogP contribution >= 0.6 is 11.6 Å². The lowest BCUT2D eigenvalue weighted by Crippen LogP contribution is -2.12. The van der Waals surface area contributed by atoms with Gasteiger partial charge in [-0.05, 0) is 6.07 Å². The highest BCUT2D eigenvalue weighted by molar-refractivity contribution is 6.32. The van der Waals surface area contributed by atoms with E-state index in [9.17, 15) is 5.11 Å². The molecular formula is C8H9ClN2O. The monoisotopic (exact) mass is 184 g/mol. The molecule has 4 heteroatoms. The number of aromatic hydroxyl groups is 1. The van der Waals surface area contributed by atoms with Crippen LogP contribution in [0.15, 0.2) is 18.2 Å². The average molecular weight is 185 g/mol. The van der Waals surface area contributed by atoms with Gasteiger partial charge in [-0.1, -0.05) is 23.7 Å². The van der Waals surface area contributed by atoms with E-state index in [1.54, 1.807) is 18.2 Å². The molecule has 0 amide bonds. The van der Waals surface area contributed by atoms with Crippen molar-refractivity contribution in [2.45, 2.75) is 6.42 Å². The molecule has 0 unspecified atom stereocenters. The maximum absolute atomic E-state index is 9.36. The Morgan fingerprint density at radius 2 is 2.25 bits per heavy atom. The van der Waals surface area contributed by atoms with Gasteiger partial charge in [-0.2, -0.15) is 0 Å². The van der Waals surface area contributed by atoms with Crippen LogP contribution in [0.25, 0.3) is 0 Å². The minimum Gasteiger partial charge on any atom is -0.506 e. The zero-order chi connectivity index (χ0) is 9.14. The van der Waals surface area contributed by atoms with Crippen LogP contribution in [0, 0.1) is 5.41 Å². The Kier molecular flexibility index (Phi) is 2.55. The Hall–Kier alpha value is -1.22. The summed E-state index contributed by atoms with van der Waals surface area (Å²) in [5.74, 6) is 0.0157. The van der Waals surface area contributed by atoms with Crippen LogP contribution in [0.4, 0.5) is 0 Å². The molecular weight excluding hydrogens is 176 g/mol. The third-order valence-corrected chi connectivity index (χ3v) is 1.76. The van der Waals surface area contributed by atoms with E-state index in [-0.39, 0.29) is 23.0 Å². The van der Waals surface area contributed by atoms with Crippen molar-refractivity contribution in [1.29, 1.82) is 5.41 Å². The summed E-state index contributed by atoms with van der Waals surface area (Å²) in [5, 5.41) is 16.7. The van der Waals surface area contributed by atoms with Gasteiger partial charge in [-0.25, -0.2) is 0 Å². The van der Waals surface area contributed by atoms with Gasteiger partial charge in [-0.15, -0.1) is 0 Å². The van der Waals surface area contributed by atoms with Crippen LogP contribution in [0.5, 0.6) is 5.75 Å². The first kappa shape index (κ1) is 8.87. The lowest BCUT2D eigenvalue weighted by Gasteiger charge is -2.03. The number of rotatable bonds is 2. The fourth-order valence-corrected chi connectivity index (χ4v) is 1.10. The van der Waals surface area contributed by atoms with Crippen molar-refractivity contribution >= 4 is 17.4 Å². The van der Waals surface area contributed by atoms with Crippen molar-refractivity contribution in [3.63, 3.8) is 0 Å². The second kappa shape index (κ2) is 3.45. The Balaban J connectivity index is 3.00. The Bertz CT molecular complexity index is 312. The zero-order valence-corrected chi connectivity index (χ0v) is 7.10. The summed E-state index contributed by atoms with van der Waals surface area (Å²) in [5.41, 5.74) is 5.75. The standard InChI is InChI=1S/C8H9ClN2O/c9-6-3-1-2-5(8(6)12)4-7(10)11/h1-3,12H,4H2,(H3,10,11). The lowest BCUT2D eigenvalue weighted by atomic mass is 10.1. The molecule has 0 aromatic heterocycles. The van der Waals surface area contributed by atoms with E-state index in [4.69, 9.17) is 22.7 Å². The first-order valence-corrected chi connectivity index (χ1v) is 3.78. The molecule has 12 heavy (non-hydrogen) atoms. The summed E-state index contributed by atoms with van der Waals surface area (Å²) in [6, 6.07) is 4.98. The Morgan fingerprint density at radius 1 is 1.58 bits per heavy atom. The molecule has 0 atom stereocenters. The van der Waals surface area contributed by atoms with Crippen molar-refractivity contribution in [2.75, 3.05) is 0 Å². The lowest BCUT2D eigenvalue weighted by molar-refractivity contribution is 0.470. The normalized spacial score (nSPS) is 9.75. The van der Waals surface area contributed by atoms with E-state index in [0.29, 0.717) is 5.56 Å². The van der Waals surface area contributed by atoms with E-state index in [2.05, 4.69) is 0 Å². The molecule has 64 valence electrons. The van der Waals surface area contributed by atoms with E-state index < -0.39 is 0 Å². The predicted octanol–water partition coefficient (Wildman–Crippen LogP) is 1.52. The van der Waals surface area contributed by atoms with Gasteiger partial charge in [0.1, 0.15) is 5.75 Å². The highest BCUT2D eigenvalue weighted by Gasteiger charge is 2.05. The van der Waals surface area contributed by atoms with Crippen LogP contribution < -0.4 is 5.73 Å². The third kappa shape index (κ3) is 1.89. The fourth-order valence-electron chi connectivity index (χ4n) is 0.908. The molecule has 0 saturated heterocycles. The van der Waals surface area contributed by atoms with Gasteiger partial charge in [0.25, 0.3) is 0 Å². The second-order valence-corrected chi connectivity index (χ2v) is 2.86. The molecule has 0 bridgehead atoms. The average Bonchev–Trinajstić information content (AvgIpc) is 1.98. The molecule has 0 spiro atoms. The number of hydrogen-bond acceptors (Lipinski definition) is 2. The maximum Gasteiger partial charge on any atom is 0.137 e. The zero-order valence-electron chi connectivity index (χ0n) is 6.34. The van der Waals surface area contributed by atoms with E-state index in [1.165, 1.54) is 0 Å². The largest absolute Gasteiger partial charge is 0.506 e. The third-order valence-electron chi connectivity index (χ3n) is 1.45. The number of nitrogens with one attached hydrogen (secondary N) is 1. The fraction of sp³-hybridized carbons (Fsp3) is 0.125. The molecule has 0 aliphatic carbocycles. The highest BCUT2D eigenvalue weighted by atomic mass is 35.5. The van der Waals surface area contributed by atoms with Crippen LogP contribution in [0.1, 0.15) is 5.56 Å². The number of amidine groups is 1. The Morgan fingerprint density at radius 3 is 2.83 bits per heavy atom. The van der Waals surface area contributed by atoms with Gasteiger partial charge in [-0.3, -0.25) is 5.41 Å². The number of halogens is 1. The molecule has 0 fully saturated rings. The number of hydrogen-bond donors (Lipinski definition) is 3. The van der Waals surface area contributed by atoms with Crippen molar-refractivity contribution in [1.82, 2.24) is 0 Å². The summed E-state index contributed by atoms with van der Waals surface area (Å²) in [6.07, 6.45) is 0.229. The number of phenolic OH excluding ortho intramolecular Hbond substituents is 1. The smallest absolute Gasteiger partial charge is 0.137 e. The van der Waals surface area contributed by atoms with Crippen LogP contribution in [-0.2, 0) is 6.42 Å². The van der Waals surface area contributed by atoms with Gasteiger partial charge >= 0.3 is 0 Å². The molecule has 0 aliphatic rings. The minimum absolute atomic E-state index is 0.00701. The highest BCUT2D eigenvalue weighted by Crippen LogP contribution is 2.26. The Labute approximate surface area is 75.3 Å². The van der Waals surface area contributed by atoms with Crippen molar-refractivity contribution in [3.05, 3.63) is 28.8 Å². The number of phenols is 1. The van der Waals surface area contributed by atoms with Crippen molar-refractivity contribution in [2.24, 2.45) is 5.73 Å². The number of nitrogens with two attached hydrogens (primary N) is 1. The molecule has 3 nitrogen and oxygen atoms in total. The van der Waals surface area contributed by atoms with Gasteiger partial charge in [0.05, 0.1) is 10.9 Å². The SMILES string of the molecule is N=C(N)Cc1cccc(Cl)c1O. The van der Waals surface area contributed by atoms with Gasteiger partial charge < -0.3 is 10.8 Å². The topological polar surface area (TPSA) is 70.1 Å². The van der Waals surface area contributed by atoms with Crippen LogP contribution in [-0.4, -0.2) is 10.9 Å². The summed E-state index contributed by atoms with van der Waals surface area (Å²) < 4.78 is 0. The van der Waals surface area contributed by atoms with Gasteiger partial charge in [0, 0.05) is 12.0 Å². The summed E-state index contributed by atoms with van der Waals surface area (Å²) in [6.45, 7) is 0.